The molecule has 6 nitrogen and oxygen atoms in total. The van der Waals surface area contributed by atoms with Gasteiger partial charge in [-0.05, 0) is 44.9 Å². The molecule has 0 amide bonds. The van der Waals surface area contributed by atoms with Crippen molar-refractivity contribution in [3.8, 4) is 0 Å². The molecule has 1 aliphatic heterocycles. The lowest BCUT2D eigenvalue weighted by Gasteiger charge is -2.51. The van der Waals surface area contributed by atoms with Crippen LogP contribution < -0.4 is 0 Å². The summed E-state index contributed by atoms with van der Waals surface area (Å²) in [5.74, 6) is -0.883. The van der Waals surface area contributed by atoms with Gasteiger partial charge in [0, 0.05) is 6.92 Å². The quantitative estimate of drug-likeness (QED) is 0.565. The Morgan fingerprint density at radius 2 is 1.91 bits per heavy atom. The summed E-state index contributed by atoms with van der Waals surface area (Å²) in [6.07, 6.45) is 2.45. The van der Waals surface area contributed by atoms with Crippen molar-refractivity contribution in [2.24, 2.45) is 17.3 Å². The summed E-state index contributed by atoms with van der Waals surface area (Å²) in [6.45, 7) is 3.99. The van der Waals surface area contributed by atoms with Crippen molar-refractivity contribution in [1.82, 2.24) is 0 Å². The summed E-state index contributed by atoms with van der Waals surface area (Å²) in [4.78, 5) is 36.8. The largest absolute Gasteiger partial charge is 0.462 e. The second-order valence-electron chi connectivity index (χ2n) is 6.87. The van der Waals surface area contributed by atoms with E-state index in [0.717, 1.165) is 6.42 Å². The van der Waals surface area contributed by atoms with E-state index < -0.39 is 5.41 Å². The van der Waals surface area contributed by atoms with E-state index in [0.29, 0.717) is 38.9 Å². The number of carbonyl (C=O) groups is 3. The SMILES string of the molecule is CC(=O)O[C@H]1C[C@@H]2CC[C@H]1C(=O)[C@@]2(CCC1OCCO1)C(C)=O. The van der Waals surface area contributed by atoms with Crippen molar-refractivity contribution < 1.29 is 28.6 Å². The summed E-state index contributed by atoms with van der Waals surface area (Å²) < 4.78 is 16.2. The number of Topliss-reactive ketones (excluding diaryl/α,β-unsaturated/α-hetero) is 2. The maximum absolute atomic E-state index is 13.1. The molecule has 0 aromatic rings. The van der Waals surface area contributed by atoms with Crippen LogP contribution in [0.5, 0.6) is 0 Å². The number of ketones is 2. The molecule has 0 unspecified atom stereocenters. The van der Waals surface area contributed by atoms with E-state index in [1.807, 2.05) is 0 Å². The molecule has 4 atom stereocenters. The highest BCUT2D eigenvalue weighted by Crippen LogP contribution is 2.54. The van der Waals surface area contributed by atoms with Gasteiger partial charge in [-0.2, -0.15) is 0 Å². The van der Waals surface area contributed by atoms with Gasteiger partial charge < -0.3 is 14.2 Å². The highest BCUT2D eigenvalue weighted by atomic mass is 16.7. The Bertz CT molecular complexity index is 509. The fourth-order valence-electron chi connectivity index (χ4n) is 4.64. The predicted octanol–water partition coefficient (Wildman–Crippen LogP) is 1.65. The van der Waals surface area contributed by atoms with E-state index in [4.69, 9.17) is 14.2 Å². The molecular weight excluding hydrogens is 300 g/mol. The number of fused-ring (bicyclic) bond motifs is 3. The van der Waals surface area contributed by atoms with Crippen molar-refractivity contribution in [2.75, 3.05) is 13.2 Å². The molecule has 0 aromatic carbocycles. The standard InChI is InChI=1S/C17H24O6/c1-10(18)17(6-5-15-21-7-8-22-15)12-3-4-13(16(17)20)14(9-12)23-11(2)19/h12-15H,3-9H2,1-2H3/t12-,13+,14-,17-/m0/s1. The van der Waals surface area contributed by atoms with Crippen molar-refractivity contribution in [3.63, 3.8) is 0 Å². The smallest absolute Gasteiger partial charge is 0.302 e. The first kappa shape index (κ1) is 16.6. The lowest BCUT2D eigenvalue weighted by Crippen LogP contribution is -2.59. The third-order valence-electron chi connectivity index (χ3n) is 5.68. The first-order chi connectivity index (χ1) is 10.9. The second-order valence-corrected chi connectivity index (χ2v) is 6.87. The zero-order chi connectivity index (χ0) is 16.6. The van der Waals surface area contributed by atoms with Gasteiger partial charge in [-0.15, -0.1) is 0 Å². The van der Waals surface area contributed by atoms with Crippen LogP contribution in [0.3, 0.4) is 0 Å². The molecule has 0 N–H and O–H groups in total. The molecule has 0 spiro atoms. The van der Waals surface area contributed by atoms with Crippen molar-refractivity contribution >= 4 is 17.5 Å². The van der Waals surface area contributed by atoms with Gasteiger partial charge in [-0.25, -0.2) is 0 Å². The van der Waals surface area contributed by atoms with Crippen LogP contribution in [-0.2, 0) is 28.6 Å². The van der Waals surface area contributed by atoms with Crippen LogP contribution >= 0.6 is 0 Å². The second kappa shape index (κ2) is 6.32. The molecule has 3 saturated carbocycles. The molecule has 4 aliphatic rings. The van der Waals surface area contributed by atoms with Crippen LogP contribution in [0.2, 0.25) is 0 Å². The lowest BCUT2D eigenvalue weighted by molar-refractivity contribution is -0.175. The molecule has 1 saturated heterocycles. The number of hydrogen-bond donors (Lipinski definition) is 0. The third kappa shape index (κ3) is 2.83. The van der Waals surface area contributed by atoms with E-state index in [-0.39, 0.29) is 41.8 Å². The Morgan fingerprint density at radius 3 is 2.48 bits per heavy atom. The molecule has 23 heavy (non-hydrogen) atoms. The monoisotopic (exact) mass is 324 g/mol. The molecule has 4 fully saturated rings. The number of rotatable bonds is 5. The van der Waals surface area contributed by atoms with Crippen molar-refractivity contribution in [2.45, 2.75) is 58.3 Å². The average Bonchev–Trinajstić information content (AvgIpc) is 2.99. The van der Waals surface area contributed by atoms with Gasteiger partial charge in [0.2, 0.25) is 0 Å². The van der Waals surface area contributed by atoms with Gasteiger partial charge in [0.05, 0.1) is 24.5 Å². The molecule has 2 bridgehead atoms. The fraction of sp³-hybridized carbons (Fsp3) is 0.824. The fourth-order valence-corrected chi connectivity index (χ4v) is 4.64. The minimum Gasteiger partial charge on any atom is -0.462 e. The summed E-state index contributed by atoms with van der Waals surface area (Å²) in [5.41, 5.74) is -0.950. The topological polar surface area (TPSA) is 78.9 Å². The van der Waals surface area contributed by atoms with E-state index in [9.17, 15) is 14.4 Å². The Labute approximate surface area is 135 Å². The molecule has 4 rings (SSSR count). The Hall–Kier alpha value is -1.27. The van der Waals surface area contributed by atoms with Crippen molar-refractivity contribution in [3.05, 3.63) is 0 Å². The van der Waals surface area contributed by atoms with E-state index in [2.05, 4.69) is 0 Å². The Kier molecular flexibility index (Phi) is 4.56. The number of esters is 1. The zero-order valence-electron chi connectivity index (χ0n) is 13.7. The number of ether oxygens (including phenoxy) is 3. The summed E-state index contributed by atoms with van der Waals surface area (Å²) >= 11 is 0. The lowest BCUT2D eigenvalue weighted by atomic mass is 9.51. The predicted molar refractivity (Wildman–Crippen MR) is 79.4 cm³/mol. The van der Waals surface area contributed by atoms with E-state index in [1.165, 1.54) is 13.8 Å². The summed E-state index contributed by atoms with van der Waals surface area (Å²) in [7, 11) is 0. The van der Waals surface area contributed by atoms with Crippen LogP contribution in [0.1, 0.15) is 46.0 Å². The van der Waals surface area contributed by atoms with Crippen LogP contribution in [-0.4, -0.2) is 43.1 Å². The normalized spacial score (nSPS) is 37.1. The molecule has 6 heteroatoms. The highest BCUT2D eigenvalue weighted by Gasteiger charge is 2.60. The molecule has 0 aromatic heterocycles. The molecular formula is C17H24O6. The van der Waals surface area contributed by atoms with Gasteiger partial charge in [-0.3, -0.25) is 14.4 Å². The van der Waals surface area contributed by atoms with Crippen LogP contribution in [0.15, 0.2) is 0 Å². The minimum atomic E-state index is -0.950. The first-order valence-corrected chi connectivity index (χ1v) is 8.41. The van der Waals surface area contributed by atoms with Crippen molar-refractivity contribution in [1.29, 1.82) is 0 Å². The maximum atomic E-state index is 13.1. The van der Waals surface area contributed by atoms with Gasteiger partial charge in [0.25, 0.3) is 0 Å². The van der Waals surface area contributed by atoms with E-state index in [1.54, 1.807) is 0 Å². The summed E-state index contributed by atoms with van der Waals surface area (Å²) in [6, 6.07) is 0. The molecule has 128 valence electrons. The number of hydrogen-bond acceptors (Lipinski definition) is 6. The number of carbonyl (C=O) groups excluding carboxylic acids is 3. The maximum Gasteiger partial charge on any atom is 0.302 e. The van der Waals surface area contributed by atoms with Crippen LogP contribution in [0.25, 0.3) is 0 Å². The first-order valence-electron chi connectivity index (χ1n) is 8.41. The minimum absolute atomic E-state index is 0.0447. The average molecular weight is 324 g/mol. The van der Waals surface area contributed by atoms with Gasteiger partial charge in [0.15, 0.2) is 12.1 Å². The zero-order valence-corrected chi connectivity index (χ0v) is 13.7. The highest BCUT2D eigenvalue weighted by molar-refractivity contribution is 6.08. The van der Waals surface area contributed by atoms with E-state index >= 15 is 0 Å². The Morgan fingerprint density at radius 1 is 1.22 bits per heavy atom. The van der Waals surface area contributed by atoms with Gasteiger partial charge >= 0.3 is 5.97 Å². The van der Waals surface area contributed by atoms with Gasteiger partial charge in [-0.1, -0.05) is 0 Å². The Balaban J connectivity index is 1.79. The molecule has 0 radical (unpaired) electrons. The van der Waals surface area contributed by atoms with Crippen LogP contribution in [0.4, 0.5) is 0 Å². The summed E-state index contributed by atoms with van der Waals surface area (Å²) in [5, 5.41) is 0. The molecule has 1 heterocycles. The van der Waals surface area contributed by atoms with Crippen LogP contribution in [0, 0.1) is 17.3 Å². The van der Waals surface area contributed by atoms with Gasteiger partial charge in [0.1, 0.15) is 11.9 Å². The molecule has 3 aliphatic carbocycles. The third-order valence-corrected chi connectivity index (χ3v) is 5.68.